The number of rotatable bonds is 2. The highest BCUT2D eigenvalue weighted by Gasteiger charge is 2.47. The molecule has 1 aliphatic carbocycles. The largest absolute Gasteiger partial charge is 0.466 e. The van der Waals surface area contributed by atoms with Crippen LogP contribution in [0.1, 0.15) is 26.7 Å². The van der Waals surface area contributed by atoms with E-state index in [1.54, 1.807) is 13.8 Å². The van der Waals surface area contributed by atoms with Gasteiger partial charge in [0.05, 0.1) is 12.0 Å². The third-order valence-corrected chi connectivity index (χ3v) is 2.11. The lowest BCUT2D eigenvalue weighted by atomic mass is 9.69. The van der Waals surface area contributed by atoms with E-state index >= 15 is 0 Å². The molecule has 0 aromatic heterocycles. The molecule has 0 atom stereocenters. The summed E-state index contributed by atoms with van der Waals surface area (Å²) in [7, 11) is 0. The van der Waals surface area contributed by atoms with E-state index in [0.29, 0.717) is 19.4 Å². The number of carbonyl (C=O) groups is 1. The van der Waals surface area contributed by atoms with Gasteiger partial charge in [-0.3, -0.25) is 4.79 Å². The van der Waals surface area contributed by atoms with Crippen molar-refractivity contribution in [2.24, 2.45) is 5.41 Å². The van der Waals surface area contributed by atoms with Crippen molar-refractivity contribution in [1.29, 1.82) is 0 Å². The van der Waals surface area contributed by atoms with Gasteiger partial charge in [-0.05, 0) is 26.7 Å². The third kappa shape index (κ3) is 1.52. The maximum absolute atomic E-state index is 12.4. The normalized spacial score (nSPS) is 36.1. The lowest BCUT2D eigenvalue weighted by molar-refractivity contribution is -0.163. The fourth-order valence-corrected chi connectivity index (χ4v) is 1.39. The van der Waals surface area contributed by atoms with Crippen LogP contribution in [-0.2, 0) is 9.53 Å². The molecule has 0 unspecified atom stereocenters. The number of alkyl halides is 1. The first-order valence-corrected chi connectivity index (χ1v) is 3.90. The van der Waals surface area contributed by atoms with Crippen LogP contribution in [-0.4, -0.2) is 18.7 Å². The van der Waals surface area contributed by atoms with Gasteiger partial charge in [0.15, 0.2) is 0 Å². The van der Waals surface area contributed by atoms with Crippen LogP contribution in [0.5, 0.6) is 0 Å². The maximum Gasteiger partial charge on any atom is 0.311 e. The molecule has 0 aromatic carbocycles. The van der Waals surface area contributed by atoms with Gasteiger partial charge in [0.1, 0.15) is 6.17 Å². The molecule has 3 heteroatoms. The van der Waals surface area contributed by atoms with Crippen LogP contribution in [0.3, 0.4) is 0 Å². The Morgan fingerprint density at radius 2 is 2.27 bits per heavy atom. The zero-order valence-corrected chi connectivity index (χ0v) is 6.89. The fourth-order valence-electron chi connectivity index (χ4n) is 1.39. The van der Waals surface area contributed by atoms with Crippen LogP contribution >= 0.6 is 0 Å². The molecule has 0 spiro atoms. The highest BCUT2D eigenvalue weighted by atomic mass is 19.1. The monoisotopic (exact) mass is 160 g/mol. The van der Waals surface area contributed by atoms with Crippen molar-refractivity contribution in [3.63, 3.8) is 0 Å². The van der Waals surface area contributed by atoms with E-state index < -0.39 is 11.6 Å². The van der Waals surface area contributed by atoms with Gasteiger partial charge in [0, 0.05) is 0 Å². The van der Waals surface area contributed by atoms with Crippen LogP contribution < -0.4 is 0 Å². The van der Waals surface area contributed by atoms with Gasteiger partial charge < -0.3 is 4.74 Å². The van der Waals surface area contributed by atoms with Gasteiger partial charge in [-0.15, -0.1) is 0 Å². The SMILES string of the molecule is CCOC(=O)[C@]1(C)C[C@H](F)C1. The second-order valence-corrected chi connectivity index (χ2v) is 3.29. The van der Waals surface area contributed by atoms with Crippen molar-refractivity contribution < 1.29 is 13.9 Å². The van der Waals surface area contributed by atoms with Crippen LogP contribution in [0.2, 0.25) is 0 Å². The number of hydrogen-bond acceptors (Lipinski definition) is 2. The maximum atomic E-state index is 12.4. The first kappa shape index (κ1) is 8.50. The average molecular weight is 160 g/mol. The Morgan fingerprint density at radius 1 is 1.73 bits per heavy atom. The summed E-state index contributed by atoms with van der Waals surface area (Å²) in [6, 6.07) is 0. The Balaban J connectivity index is 2.41. The Hall–Kier alpha value is -0.600. The van der Waals surface area contributed by atoms with Gasteiger partial charge in [-0.2, -0.15) is 0 Å². The molecule has 1 rings (SSSR count). The summed E-state index contributed by atoms with van der Waals surface area (Å²) in [5.41, 5.74) is -0.532. The quantitative estimate of drug-likeness (QED) is 0.574. The summed E-state index contributed by atoms with van der Waals surface area (Å²) in [6.07, 6.45) is -0.151. The van der Waals surface area contributed by atoms with Crippen LogP contribution in [0, 0.1) is 5.41 Å². The first-order valence-electron chi connectivity index (χ1n) is 3.90. The molecule has 0 amide bonds. The van der Waals surface area contributed by atoms with Gasteiger partial charge in [0.2, 0.25) is 0 Å². The van der Waals surface area contributed by atoms with Gasteiger partial charge in [0.25, 0.3) is 0 Å². The number of esters is 1. The molecule has 64 valence electrons. The smallest absolute Gasteiger partial charge is 0.311 e. The van der Waals surface area contributed by atoms with Gasteiger partial charge in [-0.25, -0.2) is 4.39 Å². The molecular weight excluding hydrogens is 147 g/mol. The lowest BCUT2D eigenvalue weighted by Gasteiger charge is -2.38. The highest BCUT2D eigenvalue weighted by Crippen LogP contribution is 2.43. The van der Waals surface area contributed by atoms with Crippen molar-refractivity contribution in [2.75, 3.05) is 6.61 Å². The summed E-state index contributed by atoms with van der Waals surface area (Å²) >= 11 is 0. The minimum atomic E-state index is -0.801. The standard InChI is InChI=1S/C8H13FO2/c1-3-11-7(10)8(2)4-6(9)5-8/h6H,3-5H2,1-2H3/t6-,8+. The molecule has 11 heavy (non-hydrogen) atoms. The Kier molecular flexibility index (Phi) is 2.16. The van der Waals surface area contributed by atoms with Crippen molar-refractivity contribution in [2.45, 2.75) is 32.9 Å². The zero-order chi connectivity index (χ0) is 8.48. The van der Waals surface area contributed by atoms with E-state index in [-0.39, 0.29) is 5.97 Å². The second kappa shape index (κ2) is 2.80. The molecule has 0 N–H and O–H groups in total. The van der Waals surface area contributed by atoms with Crippen LogP contribution in [0.25, 0.3) is 0 Å². The van der Waals surface area contributed by atoms with E-state index in [1.165, 1.54) is 0 Å². The minimum absolute atomic E-state index is 0.256. The van der Waals surface area contributed by atoms with Gasteiger partial charge in [-0.1, -0.05) is 0 Å². The van der Waals surface area contributed by atoms with E-state index in [0.717, 1.165) is 0 Å². The van der Waals surface area contributed by atoms with Crippen molar-refractivity contribution in [1.82, 2.24) is 0 Å². The van der Waals surface area contributed by atoms with Crippen LogP contribution in [0.4, 0.5) is 4.39 Å². The molecule has 1 saturated carbocycles. The molecular formula is C8H13FO2. The highest BCUT2D eigenvalue weighted by molar-refractivity contribution is 5.77. The Labute approximate surface area is 65.7 Å². The molecule has 0 saturated heterocycles. The van der Waals surface area contributed by atoms with Crippen molar-refractivity contribution in [3.8, 4) is 0 Å². The summed E-state index contributed by atoms with van der Waals surface area (Å²) in [5, 5.41) is 0. The molecule has 1 aliphatic rings. The molecule has 0 heterocycles. The van der Waals surface area contributed by atoms with E-state index in [2.05, 4.69) is 0 Å². The molecule has 0 bridgehead atoms. The fraction of sp³-hybridized carbons (Fsp3) is 0.875. The first-order chi connectivity index (χ1) is 5.08. The molecule has 1 fully saturated rings. The second-order valence-electron chi connectivity index (χ2n) is 3.29. The van der Waals surface area contributed by atoms with E-state index in [1.807, 2.05) is 0 Å². The summed E-state index contributed by atoms with van der Waals surface area (Å²) in [6.45, 7) is 3.89. The molecule has 0 aromatic rings. The number of halogens is 1. The topological polar surface area (TPSA) is 26.3 Å². The van der Waals surface area contributed by atoms with Crippen molar-refractivity contribution in [3.05, 3.63) is 0 Å². The number of carbonyl (C=O) groups excluding carboxylic acids is 1. The van der Waals surface area contributed by atoms with Crippen molar-refractivity contribution >= 4 is 5.97 Å². The summed E-state index contributed by atoms with van der Waals surface area (Å²) in [5.74, 6) is -0.256. The van der Waals surface area contributed by atoms with Crippen LogP contribution in [0.15, 0.2) is 0 Å². The summed E-state index contributed by atoms with van der Waals surface area (Å²) in [4.78, 5) is 11.1. The predicted molar refractivity (Wildman–Crippen MR) is 38.9 cm³/mol. The Bertz CT molecular complexity index is 161. The minimum Gasteiger partial charge on any atom is -0.466 e. The predicted octanol–water partition coefficient (Wildman–Crippen LogP) is 1.69. The molecule has 0 aliphatic heterocycles. The Morgan fingerprint density at radius 3 is 2.64 bits per heavy atom. The third-order valence-electron chi connectivity index (χ3n) is 2.11. The number of hydrogen-bond donors (Lipinski definition) is 0. The molecule has 0 radical (unpaired) electrons. The van der Waals surface area contributed by atoms with E-state index in [9.17, 15) is 9.18 Å². The van der Waals surface area contributed by atoms with E-state index in [4.69, 9.17) is 4.74 Å². The lowest BCUT2D eigenvalue weighted by Crippen LogP contribution is -2.43. The number of ether oxygens (including phenoxy) is 1. The average Bonchev–Trinajstić information content (AvgIpc) is 1.85. The van der Waals surface area contributed by atoms with Gasteiger partial charge >= 0.3 is 5.97 Å². The molecule has 2 nitrogen and oxygen atoms in total. The zero-order valence-electron chi connectivity index (χ0n) is 6.89. The summed E-state index contributed by atoms with van der Waals surface area (Å²) < 4.78 is 17.2.